The van der Waals surface area contributed by atoms with Crippen LogP contribution >= 0.6 is 0 Å². The lowest BCUT2D eigenvalue weighted by atomic mass is 9.89. The first kappa shape index (κ1) is 99.6. The van der Waals surface area contributed by atoms with Crippen LogP contribution in [0.1, 0.15) is 178 Å². The molecule has 0 bridgehead atoms. The number of nitrogens with zero attached hydrogens (tertiary/aromatic N) is 16. The first-order valence-electron chi connectivity index (χ1n) is 41.4. The number of aliphatic hydroxyl groups is 2. The SMILES string of the molecule is CC(C)(C)C(=O)c1cc2cc(C(=O)c3cn(CCOCCO)nn3)cnc2[nH]1.CC(C)(C)C(=O)c1cc2cc(NC(=O)c3cn(CCOCCO)nn3)cnc2[nH]1.COCCOCCOCCOCCn1cc(C(=O)Nc2cnc3[nH]c(C(=O)C(C)(C)C)cc3c2)nn1.COCCOCCOCCOCCn1cc(C(=O)c2cnc3[nH]c(C(=O)C(C)(C)C)cc3c2)nn1. The zero-order chi connectivity index (χ0) is 92.6. The Hall–Kier alpha value is -12.2. The highest BCUT2D eigenvalue weighted by Gasteiger charge is 2.30. The molecule has 12 heterocycles. The molecule has 0 radical (unpaired) electrons. The number of nitrogens with one attached hydrogen (secondary N) is 6. The van der Waals surface area contributed by atoms with Crippen LogP contribution < -0.4 is 10.6 Å². The van der Waals surface area contributed by atoms with Crippen molar-refractivity contribution in [2.45, 2.75) is 109 Å². The number of amides is 2. The number of aromatic amines is 4. The van der Waals surface area contributed by atoms with Crippen LogP contribution in [0.5, 0.6) is 0 Å². The van der Waals surface area contributed by atoms with E-state index in [1.807, 2.05) is 83.1 Å². The number of anilines is 2. The smallest absolute Gasteiger partial charge is 0.277 e. The number of hydrogen-bond donors (Lipinski definition) is 8. The van der Waals surface area contributed by atoms with Gasteiger partial charge in [0.1, 0.15) is 22.6 Å². The maximum atomic E-state index is 12.9. The molecule has 12 aromatic rings. The molecule has 0 atom stereocenters. The van der Waals surface area contributed by atoms with Crippen LogP contribution in [0, 0.1) is 21.7 Å². The van der Waals surface area contributed by atoms with Gasteiger partial charge in [-0.05, 0) is 48.5 Å². The van der Waals surface area contributed by atoms with Crippen molar-refractivity contribution in [3.8, 4) is 0 Å². The van der Waals surface area contributed by atoms with Gasteiger partial charge in [0.05, 0.1) is 230 Å². The van der Waals surface area contributed by atoms with E-state index in [1.54, 1.807) is 86.0 Å². The lowest BCUT2D eigenvalue weighted by Crippen LogP contribution is -2.20. The van der Waals surface area contributed by atoms with Gasteiger partial charge >= 0.3 is 0 Å². The highest BCUT2D eigenvalue weighted by molar-refractivity contribution is 6.11. The van der Waals surface area contributed by atoms with Crippen LogP contribution in [-0.4, -0.2) is 303 Å². The van der Waals surface area contributed by atoms with Gasteiger partial charge in [-0.2, -0.15) is 0 Å². The van der Waals surface area contributed by atoms with Crippen LogP contribution in [-0.2, 0) is 73.5 Å². The number of ether oxygens (including phenoxy) is 10. The third-order valence-corrected chi connectivity index (χ3v) is 18.4. The molecule has 42 heteroatoms. The fourth-order valence-electron chi connectivity index (χ4n) is 11.6. The summed E-state index contributed by atoms with van der Waals surface area (Å²) in [5.41, 5.74) is 4.55. The maximum absolute atomic E-state index is 12.9. The molecule has 688 valence electrons. The molecule has 0 aliphatic heterocycles. The van der Waals surface area contributed by atoms with Crippen molar-refractivity contribution < 1.29 is 95.9 Å². The fraction of sp³-hybridized carbons (Fsp3) is 0.488. The van der Waals surface area contributed by atoms with Crippen molar-refractivity contribution in [3.05, 3.63) is 155 Å². The molecule has 0 saturated heterocycles. The summed E-state index contributed by atoms with van der Waals surface area (Å²) in [7, 11) is 3.26. The summed E-state index contributed by atoms with van der Waals surface area (Å²) in [6, 6.07) is 13.8. The normalized spacial score (nSPS) is 11.8. The predicted octanol–water partition coefficient (Wildman–Crippen LogP) is 7.91. The number of hydrogen-bond acceptors (Lipinski definition) is 32. The van der Waals surface area contributed by atoms with E-state index in [4.69, 9.17) is 57.6 Å². The number of H-pyrrole nitrogens is 4. The van der Waals surface area contributed by atoms with Crippen LogP contribution in [0.2, 0.25) is 0 Å². The molecular weight excluding hydrogens is 1660 g/mol. The first-order chi connectivity index (χ1) is 61.1. The molecule has 0 spiro atoms. The van der Waals surface area contributed by atoms with Crippen LogP contribution in [0.25, 0.3) is 44.1 Å². The second-order valence-electron chi connectivity index (χ2n) is 33.1. The monoisotopic (exact) mass is 1770 g/mol. The average molecular weight is 1780 g/mol. The highest BCUT2D eigenvalue weighted by atomic mass is 16.6. The summed E-state index contributed by atoms with van der Waals surface area (Å²) in [5.74, 6) is -1.50. The van der Waals surface area contributed by atoms with E-state index in [-0.39, 0.29) is 83.9 Å². The topological polar surface area (TPSA) is 531 Å². The maximum Gasteiger partial charge on any atom is 0.277 e. The lowest BCUT2D eigenvalue weighted by Gasteiger charge is -2.14. The quantitative estimate of drug-likeness (QED) is 0.0133. The van der Waals surface area contributed by atoms with Crippen molar-refractivity contribution in [1.82, 2.24) is 99.8 Å². The van der Waals surface area contributed by atoms with Gasteiger partial charge in [0, 0.05) is 80.9 Å². The number of fused-ring (bicyclic) bond motifs is 4. The molecule has 0 unspecified atom stereocenters. The molecular formula is C86H114N22O20. The van der Waals surface area contributed by atoms with Crippen LogP contribution in [0.4, 0.5) is 11.4 Å². The molecule has 0 saturated carbocycles. The van der Waals surface area contributed by atoms with Crippen LogP contribution in [0.15, 0.2) is 98.1 Å². The van der Waals surface area contributed by atoms with Gasteiger partial charge in [-0.25, -0.2) is 38.7 Å². The van der Waals surface area contributed by atoms with Gasteiger partial charge in [-0.1, -0.05) is 104 Å². The Labute approximate surface area is 737 Å². The van der Waals surface area contributed by atoms with E-state index in [0.717, 1.165) is 10.8 Å². The summed E-state index contributed by atoms with van der Waals surface area (Å²) < 4.78 is 58.7. The van der Waals surface area contributed by atoms with E-state index in [1.165, 1.54) is 45.0 Å². The standard InChI is InChI=1S/C24H34N6O6.C24H33N5O6.C19H24N6O4.C19H23N5O4/c1-24(2,3)21(31)19-14-17-13-18(15-25-22(17)27-19)26-23(32)20-16-30(29-28-20)5-6-34-9-10-36-12-11-35-8-7-33-4;1-24(2,3)22(31)19-14-17-13-18(15-25-23(17)26-19)21(30)20-16-29(28-27-20)5-6-33-9-10-35-12-11-34-8-7-32-4;1-19(2,3)16(27)14-9-12-8-13(10-20-17(12)22-14)21-18(28)15-11-25(24-23-15)4-6-29-7-5-26;1-19(2,3)17(27)14-9-12-8-13(10-20-18(12)21-14)16(26)15-11-24(23-22-15)4-6-28-7-5-25/h13-16H,5-12H2,1-4H3,(H,25,27)(H,26,32);13-16H,5-12H2,1-4H3,(H,25,26);8-11,26H,4-7H2,1-3H3,(H,20,22)(H,21,28);8-11,25H,4-7H2,1-3H3,(H,20,21). The molecule has 128 heavy (non-hydrogen) atoms. The Balaban J connectivity index is 0.000000194. The Morgan fingerprint density at radius 3 is 0.836 bits per heavy atom. The number of rotatable bonds is 46. The van der Waals surface area contributed by atoms with Gasteiger partial charge in [-0.15, -0.1) is 20.4 Å². The number of Topliss-reactive ketones (excluding diaryl/α,β-unsaturated/α-hetero) is 4. The fourth-order valence-corrected chi connectivity index (χ4v) is 11.6. The lowest BCUT2D eigenvalue weighted by molar-refractivity contribution is 0.00244. The molecule has 0 aromatic carbocycles. The van der Waals surface area contributed by atoms with Gasteiger partial charge < -0.3 is 88.2 Å². The zero-order valence-corrected chi connectivity index (χ0v) is 74.6. The molecule has 12 rings (SSSR count). The minimum Gasteiger partial charge on any atom is -0.394 e. The van der Waals surface area contributed by atoms with E-state index in [2.05, 4.69) is 91.8 Å². The number of pyridine rings is 4. The average Bonchev–Trinajstić information content (AvgIpc) is 1.67. The van der Waals surface area contributed by atoms with Crippen LogP contribution in [0.3, 0.4) is 0 Å². The minimum atomic E-state index is -0.520. The van der Waals surface area contributed by atoms with E-state index in [0.29, 0.717) is 211 Å². The Morgan fingerprint density at radius 1 is 0.320 bits per heavy atom. The molecule has 0 fully saturated rings. The third kappa shape index (κ3) is 30.5. The van der Waals surface area contributed by atoms with Crippen molar-refractivity contribution in [3.63, 3.8) is 0 Å². The van der Waals surface area contributed by atoms with Gasteiger partial charge in [0.25, 0.3) is 11.8 Å². The van der Waals surface area contributed by atoms with E-state index >= 15 is 0 Å². The summed E-state index contributed by atoms with van der Waals surface area (Å²) in [6.45, 7) is 32.0. The summed E-state index contributed by atoms with van der Waals surface area (Å²) in [4.78, 5) is 130. The molecule has 42 nitrogen and oxygen atoms in total. The number of ketones is 6. The number of aromatic nitrogens is 20. The van der Waals surface area contributed by atoms with Crippen molar-refractivity contribution in [2.75, 3.05) is 157 Å². The first-order valence-corrected chi connectivity index (χ1v) is 41.4. The zero-order valence-electron chi connectivity index (χ0n) is 74.6. The van der Waals surface area contributed by atoms with E-state index in [9.17, 15) is 38.4 Å². The predicted molar refractivity (Wildman–Crippen MR) is 467 cm³/mol. The third-order valence-electron chi connectivity index (χ3n) is 18.4. The van der Waals surface area contributed by atoms with Crippen molar-refractivity contribution in [2.24, 2.45) is 21.7 Å². The number of methoxy groups -OCH3 is 2. The number of aliphatic hydroxyl groups excluding tert-OH is 2. The molecule has 8 N–H and O–H groups in total. The van der Waals surface area contributed by atoms with Gasteiger partial charge in [-0.3, -0.25) is 38.4 Å². The largest absolute Gasteiger partial charge is 0.394 e. The Bertz CT molecular complexity index is 5630. The molecule has 2 amide bonds. The van der Waals surface area contributed by atoms with E-state index < -0.39 is 33.5 Å². The molecule has 0 aliphatic carbocycles. The summed E-state index contributed by atoms with van der Waals surface area (Å²) in [6.07, 6.45) is 12.1. The van der Waals surface area contributed by atoms with Crippen molar-refractivity contribution in [1.29, 1.82) is 0 Å². The Kier molecular flexibility index (Phi) is 37.4. The highest BCUT2D eigenvalue weighted by Crippen LogP contribution is 2.29. The summed E-state index contributed by atoms with van der Waals surface area (Å²) >= 11 is 0. The van der Waals surface area contributed by atoms with Gasteiger partial charge in [0.15, 0.2) is 45.9 Å². The molecule has 0 aliphatic rings. The van der Waals surface area contributed by atoms with Gasteiger partial charge in [0.2, 0.25) is 11.6 Å². The molecule has 12 aromatic heterocycles. The van der Waals surface area contributed by atoms with Crippen molar-refractivity contribution >= 4 is 102 Å². The number of carbonyl (C=O) groups is 8. The second-order valence-corrected chi connectivity index (χ2v) is 33.1. The Morgan fingerprint density at radius 2 is 0.562 bits per heavy atom. The summed E-state index contributed by atoms with van der Waals surface area (Å²) in [5, 5.41) is 57.1. The second kappa shape index (κ2) is 48.1. The number of carbonyl (C=O) groups excluding carboxylic acids is 8. The minimum absolute atomic E-state index is 0.0115.